The Morgan fingerprint density at radius 3 is 2.79 bits per heavy atom. The van der Waals surface area contributed by atoms with Gasteiger partial charge in [-0.1, -0.05) is 0 Å². The minimum absolute atomic E-state index is 0.502. The van der Waals surface area contributed by atoms with Crippen molar-refractivity contribution in [2.24, 2.45) is 5.84 Å². The quantitative estimate of drug-likeness (QED) is 0.576. The summed E-state index contributed by atoms with van der Waals surface area (Å²) in [5.41, 5.74) is 2.60. The lowest BCUT2D eigenvalue weighted by Crippen LogP contribution is -2.12. The number of hydrazine groups is 1. The molecule has 0 radical (unpaired) electrons. The van der Waals surface area contributed by atoms with Crippen LogP contribution in [0.25, 0.3) is 0 Å². The predicted octanol–water partition coefficient (Wildman–Crippen LogP) is 3.08. The molecule has 0 spiro atoms. The summed E-state index contributed by atoms with van der Waals surface area (Å²) in [5, 5.41) is 5.38. The second kappa shape index (κ2) is 5.44. The molecule has 3 rings (SSSR count). The smallest absolute Gasteiger partial charge is 0.145 e. The zero-order valence-electron chi connectivity index (χ0n) is 10.2. The Bertz CT molecular complexity index is 581. The molecule has 0 unspecified atom stereocenters. The standard InChI is InChI=1S/C12H14BrN5S/c13-8-3-4-19-9(8)6-15-10-5-11(18-14)17-12(16-10)7-1-2-7/h3-5,7H,1-2,6,14H2,(H2,15,16,17,18). The number of anilines is 2. The molecule has 0 aliphatic heterocycles. The van der Waals surface area contributed by atoms with Crippen molar-refractivity contribution >= 4 is 38.9 Å². The average molecular weight is 340 g/mol. The summed E-state index contributed by atoms with van der Waals surface area (Å²) < 4.78 is 1.12. The van der Waals surface area contributed by atoms with Crippen molar-refractivity contribution in [2.45, 2.75) is 25.3 Å². The van der Waals surface area contributed by atoms with Crippen LogP contribution in [0.3, 0.4) is 0 Å². The Hall–Kier alpha value is -1.18. The van der Waals surface area contributed by atoms with Crippen molar-refractivity contribution in [3.63, 3.8) is 0 Å². The van der Waals surface area contributed by atoms with E-state index in [1.807, 2.05) is 12.1 Å². The molecule has 1 saturated carbocycles. The van der Waals surface area contributed by atoms with E-state index >= 15 is 0 Å². The molecule has 0 amide bonds. The van der Waals surface area contributed by atoms with Gasteiger partial charge in [0.15, 0.2) is 0 Å². The van der Waals surface area contributed by atoms with E-state index < -0.39 is 0 Å². The van der Waals surface area contributed by atoms with E-state index in [2.05, 4.69) is 42.0 Å². The van der Waals surface area contributed by atoms with Gasteiger partial charge in [0.05, 0.1) is 6.54 Å². The van der Waals surface area contributed by atoms with Crippen LogP contribution in [0.15, 0.2) is 22.0 Å². The number of nitrogens with two attached hydrogens (primary N) is 1. The zero-order chi connectivity index (χ0) is 13.2. The number of hydrogen-bond acceptors (Lipinski definition) is 6. The maximum atomic E-state index is 5.45. The number of nitrogens with one attached hydrogen (secondary N) is 2. The first kappa shape index (κ1) is 12.8. The molecule has 19 heavy (non-hydrogen) atoms. The van der Waals surface area contributed by atoms with Crippen LogP contribution < -0.4 is 16.6 Å². The number of hydrogen-bond donors (Lipinski definition) is 3. The molecule has 0 aromatic carbocycles. The van der Waals surface area contributed by atoms with E-state index in [0.29, 0.717) is 11.7 Å². The van der Waals surface area contributed by atoms with Crippen LogP contribution in [-0.4, -0.2) is 9.97 Å². The fraction of sp³-hybridized carbons (Fsp3) is 0.333. The lowest BCUT2D eigenvalue weighted by atomic mass is 10.3. The molecule has 4 N–H and O–H groups in total. The van der Waals surface area contributed by atoms with Crippen molar-refractivity contribution in [2.75, 3.05) is 10.7 Å². The first-order chi connectivity index (χ1) is 9.26. The second-order valence-electron chi connectivity index (χ2n) is 4.46. The molecule has 0 saturated heterocycles. The number of rotatable bonds is 5. The highest BCUT2D eigenvalue weighted by Gasteiger charge is 2.27. The number of aromatic nitrogens is 2. The summed E-state index contributed by atoms with van der Waals surface area (Å²) in [6.07, 6.45) is 2.34. The van der Waals surface area contributed by atoms with Crippen LogP contribution in [-0.2, 0) is 6.54 Å². The Labute approximate surface area is 123 Å². The molecule has 100 valence electrons. The van der Waals surface area contributed by atoms with Crippen molar-refractivity contribution in [3.8, 4) is 0 Å². The van der Waals surface area contributed by atoms with Crippen LogP contribution in [0.2, 0.25) is 0 Å². The minimum atomic E-state index is 0.502. The van der Waals surface area contributed by atoms with Gasteiger partial charge < -0.3 is 10.7 Å². The summed E-state index contributed by atoms with van der Waals surface area (Å²) in [6.45, 7) is 0.739. The Morgan fingerprint density at radius 1 is 1.37 bits per heavy atom. The molecular formula is C12H14BrN5S. The molecule has 2 aromatic heterocycles. The molecule has 1 aliphatic carbocycles. The molecular weight excluding hydrogens is 326 g/mol. The third-order valence-corrected chi connectivity index (χ3v) is 4.88. The van der Waals surface area contributed by atoms with Gasteiger partial charge in [0, 0.05) is 21.3 Å². The lowest BCUT2D eigenvalue weighted by molar-refractivity contribution is 0.921. The SMILES string of the molecule is NNc1cc(NCc2sccc2Br)nc(C2CC2)n1. The minimum Gasteiger partial charge on any atom is -0.365 e. The van der Waals surface area contributed by atoms with Gasteiger partial charge in [0.1, 0.15) is 17.5 Å². The molecule has 2 heterocycles. The van der Waals surface area contributed by atoms with Crippen LogP contribution >= 0.6 is 27.3 Å². The molecule has 7 heteroatoms. The molecule has 0 bridgehead atoms. The van der Waals surface area contributed by atoms with Crippen molar-refractivity contribution in [1.29, 1.82) is 0 Å². The van der Waals surface area contributed by atoms with Crippen molar-refractivity contribution in [1.82, 2.24) is 9.97 Å². The molecule has 2 aromatic rings. The van der Waals surface area contributed by atoms with Gasteiger partial charge in [-0.3, -0.25) is 0 Å². The first-order valence-corrected chi connectivity index (χ1v) is 7.75. The predicted molar refractivity (Wildman–Crippen MR) is 81.2 cm³/mol. The van der Waals surface area contributed by atoms with E-state index in [1.54, 1.807) is 11.3 Å². The zero-order valence-corrected chi connectivity index (χ0v) is 12.6. The van der Waals surface area contributed by atoms with Crippen molar-refractivity contribution < 1.29 is 0 Å². The van der Waals surface area contributed by atoms with E-state index in [1.165, 1.54) is 17.7 Å². The van der Waals surface area contributed by atoms with Crippen molar-refractivity contribution in [3.05, 3.63) is 32.7 Å². The highest BCUT2D eigenvalue weighted by Crippen LogP contribution is 2.38. The molecule has 5 nitrogen and oxygen atoms in total. The Kier molecular flexibility index (Phi) is 3.67. The number of thiophene rings is 1. The largest absolute Gasteiger partial charge is 0.365 e. The van der Waals surface area contributed by atoms with Gasteiger partial charge >= 0.3 is 0 Å². The number of halogens is 1. The van der Waals surface area contributed by atoms with Gasteiger partial charge in [-0.25, -0.2) is 15.8 Å². The number of nitrogens with zero attached hydrogens (tertiary/aromatic N) is 2. The summed E-state index contributed by atoms with van der Waals surface area (Å²) in [5.74, 6) is 8.30. The topological polar surface area (TPSA) is 75.9 Å². The molecule has 1 fully saturated rings. The maximum Gasteiger partial charge on any atom is 0.145 e. The van der Waals surface area contributed by atoms with E-state index in [4.69, 9.17) is 5.84 Å². The van der Waals surface area contributed by atoms with E-state index in [0.717, 1.165) is 22.7 Å². The van der Waals surface area contributed by atoms with Gasteiger partial charge in [-0.2, -0.15) is 0 Å². The second-order valence-corrected chi connectivity index (χ2v) is 6.32. The molecule has 1 aliphatic rings. The lowest BCUT2D eigenvalue weighted by Gasteiger charge is -2.09. The Balaban J connectivity index is 1.76. The average Bonchev–Trinajstić information content (AvgIpc) is 3.20. The fourth-order valence-electron chi connectivity index (χ4n) is 1.78. The number of nitrogen functional groups attached to an aromatic ring is 1. The van der Waals surface area contributed by atoms with Gasteiger partial charge in [-0.05, 0) is 40.2 Å². The van der Waals surface area contributed by atoms with Crippen LogP contribution in [0.5, 0.6) is 0 Å². The summed E-state index contributed by atoms with van der Waals surface area (Å²) in [6, 6.07) is 3.87. The summed E-state index contributed by atoms with van der Waals surface area (Å²) in [4.78, 5) is 10.2. The van der Waals surface area contributed by atoms with Gasteiger partial charge in [0.2, 0.25) is 0 Å². The maximum absolute atomic E-state index is 5.45. The summed E-state index contributed by atoms with van der Waals surface area (Å²) in [7, 11) is 0. The van der Waals surface area contributed by atoms with Crippen LogP contribution in [0, 0.1) is 0 Å². The molecule has 0 atom stereocenters. The summed E-state index contributed by atoms with van der Waals surface area (Å²) >= 11 is 5.23. The monoisotopic (exact) mass is 339 g/mol. The highest BCUT2D eigenvalue weighted by atomic mass is 79.9. The van der Waals surface area contributed by atoms with E-state index in [-0.39, 0.29) is 0 Å². The van der Waals surface area contributed by atoms with Gasteiger partial charge in [-0.15, -0.1) is 11.3 Å². The third kappa shape index (κ3) is 3.05. The van der Waals surface area contributed by atoms with Crippen LogP contribution in [0.1, 0.15) is 29.5 Å². The fourth-order valence-corrected chi connectivity index (χ4v) is 3.21. The van der Waals surface area contributed by atoms with Crippen LogP contribution in [0.4, 0.5) is 11.6 Å². The van der Waals surface area contributed by atoms with Gasteiger partial charge in [0.25, 0.3) is 0 Å². The normalized spacial score (nSPS) is 14.4. The van der Waals surface area contributed by atoms with E-state index in [9.17, 15) is 0 Å². The first-order valence-electron chi connectivity index (χ1n) is 6.07. The third-order valence-electron chi connectivity index (χ3n) is 2.95. The Morgan fingerprint density at radius 2 is 2.16 bits per heavy atom. The highest BCUT2D eigenvalue weighted by molar-refractivity contribution is 9.10.